The summed E-state index contributed by atoms with van der Waals surface area (Å²) in [7, 11) is -3.85. The van der Waals surface area contributed by atoms with Crippen LogP contribution < -0.4 is 4.74 Å². The van der Waals surface area contributed by atoms with Gasteiger partial charge in [0.1, 0.15) is 5.75 Å². The Morgan fingerprint density at radius 1 is 1.11 bits per heavy atom. The van der Waals surface area contributed by atoms with Crippen molar-refractivity contribution in [1.82, 2.24) is 4.31 Å². The number of halogens is 3. The molecule has 0 N–H and O–H groups in total. The van der Waals surface area contributed by atoms with E-state index in [1.807, 2.05) is 6.07 Å². The Morgan fingerprint density at radius 3 is 2.32 bits per heavy atom. The molecule has 0 saturated carbocycles. The Labute approximate surface area is 166 Å². The molecule has 5 nitrogen and oxygen atoms in total. The zero-order valence-corrected chi connectivity index (χ0v) is 16.3. The van der Waals surface area contributed by atoms with Gasteiger partial charge in [-0.2, -0.15) is 13.1 Å². The fraction of sp³-hybridized carbons (Fsp3) is 0.316. The largest absolute Gasteiger partial charge is 0.433 e. The van der Waals surface area contributed by atoms with E-state index in [1.165, 1.54) is 10.4 Å². The third-order valence-electron chi connectivity index (χ3n) is 4.64. The molecule has 0 unspecified atom stereocenters. The molecule has 28 heavy (non-hydrogen) atoms. The Balaban J connectivity index is 1.69. The molecule has 1 fully saturated rings. The van der Waals surface area contributed by atoms with Crippen LogP contribution in [0.5, 0.6) is 5.75 Å². The zero-order chi connectivity index (χ0) is 20.3. The topological polar surface area (TPSA) is 63.7 Å². The van der Waals surface area contributed by atoms with E-state index in [-0.39, 0.29) is 40.5 Å². The van der Waals surface area contributed by atoms with Gasteiger partial charge in [0.25, 0.3) is 0 Å². The van der Waals surface area contributed by atoms with Crippen LogP contribution >= 0.6 is 11.6 Å². The number of rotatable bonds is 6. The molecule has 3 rings (SSSR count). The molecule has 0 atom stereocenters. The SMILES string of the molecule is O=C(c1ccccc1)C1CCN(S(=O)(=O)c2ccc(OC(F)F)c(Cl)c2)CC1. The molecule has 1 aliphatic rings. The third-order valence-corrected chi connectivity index (χ3v) is 6.83. The molecule has 1 saturated heterocycles. The number of piperidine rings is 1. The Kier molecular flexibility index (Phi) is 6.32. The molecule has 2 aromatic carbocycles. The molecule has 1 heterocycles. The standard InChI is InChI=1S/C19H18ClF2NO4S/c20-16-12-15(6-7-17(16)27-19(21)22)28(25,26)23-10-8-14(9-11-23)18(24)13-4-2-1-3-5-13/h1-7,12,14,19H,8-11H2. The van der Waals surface area contributed by atoms with E-state index in [1.54, 1.807) is 24.3 Å². The molecule has 1 aliphatic heterocycles. The number of sulfonamides is 1. The van der Waals surface area contributed by atoms with Crippen molar-refractivity contribution in [3.8, 4) is 5.75 Å². The van der Waals surface area contributed by atoms with Crippen LogP contribution in [0, 0.1) is 5.92 Å². The maximum atomic E-state index is 12.8. The molecule has 0 aliphatic carbocycles. The summed E-state index contributed by atoms with van der Waals surface area (Å²) in [6.07, 6.45) is 0.820. The number of carbonyl (C=O) groups excluding carboxylic acids is 1. The Morgan fingerprint density at radius 2 is 1.75 bits per heavy atom. The summed E-state index contributed by atoms with van der Waals surface area (Å²) >= 11 is 5.87. The van der Waals surface area contributed by atoms with Crippen molar-refractivity contribution in [2.75, 3.05) is 13.1 Å². The number of ether oxygens (including phenoxy) is 1. The lowest BCUT2D eigenvalue weighted by atomic mass is 9.90. The van der Waals surface area contributed by atoms with Gasteiger partial charge in [-0.05, 0) is 31.0 Å². The lowest BCUT2D eigenvalue weighted by Gasteiger charge is -2.30. The van der Waals surface area contributed by atoms with E-state index in [9.17, 15) is 22.0 Å². The van der Waals surface area contributed by atoms with Crippen molar-refractivity contribution in [3.63, 3.8) is 0 Å². The second-order valence-corrected chi connectivity index (χ2v) is 8.72. The van der Waals surface area contributed by atoms with Crippen LogP contribution in [0.3, 0.4) is 0 Å². The fourth-order valence-corrected chi connectivity index (χ4v) is 4.97. The summed E-state index contributed by atoms with van der Waals surface area (Å²) in [4.78, 5) is 12.4. The van der Waals surface area contributed by atoms with Gasteiger partial charge in [-0.1, -0.05) is 41.9 Å². The molecule has 0 aromatic heterocycles. The van der Waals surface area contributed by atoms with Crippen LogP contribution in [-0.4, -0.2) is 38.2 Å². The maximum absolute atomic E-state index is 12.8. The van der Waals surface area contributed by atoms with Gasteiger partial charge in [-0.25, -0.2) is 8.42 Å². The lowest BCUT2D eigenvalue weighted by molar-refractivity contribution is -0.0498. The average Bonchev–Trinajstić information content (AvgIpc) is 2.69. The normalized spacial score (nSPS) is 16.3. The predicted molar refractivity (Wildman–Crippen MR) is 100 cm³/mol. The van der Waals surface area contributed by atoms with Gasteiger partial charge in [0.15, 0.2) is 5.78 Å². The highest BCUT2D eigenvalue weighted by atomic mass is 35.5. The monoisotopic (exact) mass is 429 g/mol. The van der Waals surface area contributed by atoms with Gasteiger partial charge in [-0.3, -0.25) is 4.79 Å². The van der Waals surface area contributed by atoms with Crippen molar-refractivity contribution >= 4 is 27.4 Å². The maximum Gasteiger partial charge on any atom is 0.387 e. The van der Waals surface area contributed by atoms with E-state index in [0.717, 1.165) is 12.1 Å². The molecular weight excluding hydrogens is 412 g/mol. The molecular formula is C19H18ClF2NO4S. The smallest absolute Gasteiger partial charge is 0.387 e. The molecule has 2 aromatic rings. The van der Waals surface area contributed by atoms with Crippen LogP contribution in [0.4, 0.5) is 8.78 Å². The van der Waals surface area contributed by atoms with E-state index in [4.69, 9.17) is 11.6 Å². The predicted octanol–water partition coefficient (Wildman–Crippen LogP) is 4.23. The minimum absolute atomic E-state index is 0.00851. The number of nitrogens with zero attached hydrogens (tertiary/aromatic N) is 1. The number of carbonyl (C=O) groups is 1. The van der Waals surface area contributed by atoms with E-state index >= 15 is 0 Å². The van der Waals surface area contributed by atoms with Crippen LogP contribution in [0.15, 0.2) is 53.4 Å². The van der Waals surface area contributed by atoms with Gasteiger partial charge in [0, 0.05) is 24.6 Å². The second-order valence-electron chi connectivity index (χ2n) is 6.38. The van der Waals surface area contributed by atoms with Crippen molar-refractivity contribution in [2.45, 2.75) is 24.3 Å². The number of Topliss-reactive ketones (excluding diaryl/α,β-unsaturated/α-hetero) is 1. The summed E-state index contributed by atoms with van der Waals surface area (Å²) in [5, 5.41) is -0.212. The summed E-state index contributed by atoms with van der Waals surface area (Å²) in [6.45, 7) is -2.67. The minimum Gasteiger partial charge on any atom is -0.433 e. The highest BCUT2D eigenvalue weighted by molar-refractivity contribution is 7.89. The van der Waals surface area contributed by atoms with E-state index in [2.05, 4.69) is 4.74 Å². The summed E-state index contributed by atoms with van der Waals surface area (Å²) in [5.74, 6) is -0.517. The van der Waals surface area contributed by atoms with Crippen LogP contribution in [0.25, 0.3) is 0 Å². The summed E-state index contributed by atoms with van der Waals surface area (Å²) < 4.78 is 55.8. The first-order chi connectivity index (χ1) is 13.3. The molecule has 0 amide bonds. The Hall–Kier alpha value is -2.03. The first kappa shape index (κ1) is 20.7. The van der Waals surface area contributed by atoms with E-state index in [0.29, 0.717) is 18.4 Å². The highest BCUT2D eigenvalue weighted by Gasteiger charge is 2.32. The van der Waals surface area contributed by atoms with Crippen LogP contribution in [0.2, 0.25) is 5.02 Å². The first-order valence-electron chi connectivity index (χ1n) is 8.63. The molecule has 150 valence electrons. The Bertz CT molecular complexity index is 946. The summed E-state index contributed by atoms with van der Waals surface area (Å²) in [6, 6.07) is 12.3. The van der Waals surface area contributed by atoms with Crippen LogP contribution in [-0.2, 0) is 10.0 Å². The zero-order valence-electron chi connectivity index (χ0n) is 14.7. The third kappa shape index (κ3) is 4.51. The highest BCUT2D eigenvalue weighted by Crippen LogP contribution is 2.31. The van der Waals surface area contributed by atoms with Crippen molar-refractivity contribution < 1.29 is 26.7 Å². The molecule has 9 heteroatoms. The van der Waals surface area contributed by atoms with Gasteiger partial charge in [-0.15, -0.1) is 0 Å². The molecule has 0 spiro atoms. The number of hydrogen-bond acceptors (Lipinski definition) is 4. The number of alkyl halides is 2. The average molecular weight is 430 g/mol. The van der Waals surface area contributed by atoms with Gasteiger partial charge < -0.3 is 4.74 Å². The van der Waals surface area contributed by atoms with Crippen LogP contribution in [0.1, 0.15) is 23.2 Å². The quantitative estimate of drug-likeness (QED) is 0.645. The minimum atomic E-state index is -3.85. The molecule has 0 radical (unpaired) electrons. The number of ketones is 1. The fourth-order valence-electron chi connectivity index (χ4n) is 3.18. The molecule has 0 bridgehead atoms. The number of hydrogen-bond donors (Lipinski definition) is 0. The number of benzene rings is 2. The van der Waals surface area contributed by atoms with Gasteiger partial charge >= 0.3 is 6.61 Å². The van der Waals surface area contributed by atoms with Crippen molar-refractivity contribution in [3.05, 3.63) is 59.1 Å². The van der Waals surface area contributed by atoms with Crippen molar-refractivity contribution in [2.24, 2.45) is 5.92 Å². The van der Waals surface area contributed by atoms with Gasteiger partial charge in [0.05, 0.1) is 9.92 Å². The van der Waals surface area contributed by atoms with Gasteiger partial charge in [0.2, 0.25) is 10.0 Å². The second kappa shape index (κ2) is 8.55. The lowest BCUT2D eigenvalue weighted by Crippen LogP contribution is -2.40. The summed E-state index contributed by atoms with van der Waals surface area (Å²) in [5.41, 5.74) is 0.616. The first-order valence-corrected chi connectivity index (χ1v) is 10.4. The van der Waals surface area contributed by atoms with Crippen molar-refractivity contribution in [1.29, 1.82) is 0 Å². The van der Waals surface area contributed by atoms with E-state index < -0.39 is 16.6 Å².